The Morgan fingerprint density at radius 1 is 1.04 bits per heavy atom. The van der Waals surface area contributed by atoms with Crippen LogP contribution in [0.15, 0.2) is 54.6 Å². The van der Waals surface area contributed by atoms with E-state index in [-0.39, 0.29) is 5.82 Å². The van der Waals surface area contributed by atoms with Crippen LogP contribution in [0.25, 0.3) is 0 Å². The SMILES string of the molecule is O[C@@H](CNCC1CCC(OCc2ccccc2)CC1)c1cccc(F)c1. The molecule has 1 atom stereocenters. The van der Waals surface area contributed by atoms with Crippen molar-refractivity contribution >= 4 is 0 Å². The molecular weight excluding hydrogens is 329 g/mol. The minimum Gasteiger partial charge on any atom is -0.387 e. The lowest BCUT2D eigenvalue weighted by Gasteiger charge is -2.29. The van der Waals surface area contributed by atoms with E-state index in [1.807, 2.05) is 18.2 Å². The molecule has 0 saturated heterocycles. The number of ether oxygens (including phenoxy) is 1. The largest absolute Gasteiger partial charge is 0.387 e. The molecular formula is C22H28FNO2. The van der Waals surface area contributed by atoms with Crippen LogP contribution in [-0.2, 0) is 11.3 Å². The molecule has 1 saturated carbocycles. The second-order valence-electron chi connectivity index (χ2n) is 7.17. The summed E-state index contributed by atoms with van der Waals surface area (Å²) in [7, 11) is 0. The van der Waals surface area contributed by atoms with E-state index in [0.717, 1.165) is 32.2 Å². The zero-order valence-electron chi connectivity index (χ0n) is 15.1. The maximum atomic E-state index is 13.2. The van der Waals surface area contributed by atoms with Gasteiger partial charge in [0.2, 0.25) is 0 Å². The number of hydrogen-bond acceptors (Lipinski definition) is 3. The van der Waals surface area contributed by atoms with Gasteiger partial charge in [0.05, 0.1) is 18.8 Å². The number of nitrogens with one attached hydrogen (secondary N) is 1. The minimum absolute atomic E-state index is 0.310. The Hall–Kier alpha value is -1.75. The normalized spacial score (nSPS) is 21.5. The number of benzene rings is 2. The molecule has 0 heterocycles. The van der Waals surface area contributed by atoms with E-state index in [2.05, 4.69) is 17.4 Å². The third-order valence-corrected chi connectivity index (χ3v) is 5.13. The number of rotatable bonds is 8. The van der Waals surface area contributed by atoms with Gasteiger partial charge in [0.25, 0.3) is 0 Å². The summed E-state index contributed by atoms with van der Waals surface area (Å²) in [5.74, 6) is 0.307. The van der Waals surface area contributed by atoms with Crippen molar-refractivity contribution in [3.8, 4) is 0 Å². The standard InChI is InChI=1S/C22H28FNO2/c23-20-8-4-7-19(13-20)22(25)15-24-14-17-9-11-21(12-10-17)26-16-18-5-2-1-3-6-18/h1-8,13,17,21-22,24-25H,9-12,14-16H2/t17?,21?,22-/m0/s1. The van der Waals surface area contributed by atoms with Gasteiger partial charge in [-0.1, -0.05) is 42.5 Å². The van der Waals surface area contributed by atoms with Gasteiger partial charge in [-0.25, -0.2) is 4.39 Å². The van der Waals surface area contributed by atoms with E-state index in [0.29, 0.717) is 30.7 Å². The van der Waals surface area contributed by atoms with E-state index in [4.69, 9.17) is 4.74 Å². The number of hydrogen-bond donors (Lipinski definition) is 2. The molecule has 0 aliphatic heterocycles. The zero-order chi connectivity index (χ0) is 18.2. The van der Waals surface area contributed by atoms with Gasteiger partial charge in [-0.3, -0.25) is 0 Å². The summed E-state index contributed by atoms with van der Waals surface area (Å²) in [5, 5.41) is 13.5. The third-order valence-electron chi connectivity index (χ3n) is 5.13. The molecule has 1 aliphatic carbocycles. The van der Waals surface area contributed by atoms with Crippen molar-refractivity contribution in [1.82, 2.24) is 5.32 Å². The molecule has 0 unspecified atom stereocenters. The molecule has 0 amide bonds. The van der Waals surface area contributed by atoms with Crippen LogP contribution in [0.3, 0.4) is 0 Å². The number of aliphatic hydroxyl groups is 1. The highest BCUT2D eigenvalue weighted by molar-refractivity contribution is 5.19. The zero-order valence-corrected chi connectivity index (χ0v) is 15.1. The van der Waals surface area contributed by atoms with Crippen LogP contribution >= 0.6 is 0 Å². The Balaban J connectivity index is 1.31. The Kier molecular flexibility index (Phi) is 7.18. The second kappa shape index (κ2) is 9.81. The molecule has 140 valence electrons. The summed E-state index contributed by atoms with van der Waals surface area (Å²) in [6.45, 7) is 2.03. The van der Waals surface area contributed by atoms with Crippen LogP contribution in [0.2, 0.25) is 0 Å². The molecule has 3 nitrogen and oxygen atoms in total. The van der Waals surface area contributed by atoms with Crippen LogP contribution in [0.5, 0.6) is 0 Å². The van der Waals surface area contributed by atoms with Gasteiger partial charge < -0.3 is 15.2 Å². The topological polar surface area (TPSA) is 41.5 Å². The summed E-state index contributed by atoms with van der Waals surface area (Å²) >= 11 is 0. The van der Waals surface area contributed by atoms with Gasteiger partial charge in [0.1, 0.15) is 5.82 Å². The highest BCUT2D eigenvalue weighted by atomic mass is 19.1. The fraction of sp³-hybridized carbons (Fsp3) is 0.455. The first-order valence-corrected chi connectivity index (χ1v) is 9.50. The highest BCUT2D eigenvalue weighted by Crippen LogP contribution is 2.26. The van der Waals surface area contributed by atoms with Crippen molar-refractivity contribution < 1.29 is 14.2 Å². The molecule has 3 rings (SSSR count). The fourth-order valence-corrected chi connectivity index (χ4v) is 3.55. The lowest BCUT2D eigenvalue weighted by Crippen LogP contribution is -2.31. The van der Waals surface area contributed by atoms with Crippen LogP contribution in [-0.4, -0.2) is 24.3 Å². The molecule has 0 spiro atoms. The maximum absolute atomic E-state index is 13.2. The van der Waals surface area contributed by atoms with Gasteiger partial charge in [-0.05, 0) is 61.4 Å². The van der Waals surface area contributed by atoms with Crippen LogP contribution in [0.1, 0.15) is 42.9 Å². The Morgan fingerprint density at radius 2 is 1.81 bits per heavy atom. The predicted octanol–water partition coefficient (Wildman–Crippen LogP) is 4.22. The Morgan fingerprint density at radius 3 is 2.54 bits per heavy atom. The summed E-state index contributed by atoms with van der Waals surface area (Å²) in [4.78, 5) is 0. The summed E-state index contributed by atoms with van der Waals surface area (Å²) in [6, 6.07) is 16.5. The van der Waals surface area contributed by atoms with Crippen LogP contribution < -0.4 is 5.32 Å². The summed E-state index contributed by atoms with van der Waals surface area (Å²) in [6.07, 6.45) is 4.14. The Bertz CT molecular complexity index is 656. The van der Waals surface area contributed by atoms with Gasteiger partial charge in [-0.2, -0.15) is 0 Å². The van der Waals surface area contributed by atoms with Gasteiger partial charge >= 0.3 is 0 Å². The summed E-state index contributed by atoms with van der Waals surface area (Å²) < 4.78 is 19.2. The van der Waals surface area contributed by atoms with Crippen molar-refractivity contribution in [3.05, 3.63) is 71.5 Å². The lowest BCUT2D eigenvalue weighted by molar-refractivity contribution is 0.00697. The first kappa shape index (κ1) is 19.0. The van der Waals surface area contributed by atoms with Crippen molar-refractivity contribution in [2.75, 3.05) is 13.1 Å². The average Bonchev–Trinajstić information content (AvgIpc) is 2.68. The average molecular weight is 357 g/mol. The van der Waals surface area contributed by atoms with Crippen molar-refractivity contribution in [1.29, 1.82) is 0 Å². The fourth-order valence-electron chi connectivity index (χ4n) is 3.55. The smallest absolute Gasteiger partial charge is 0.123 e. The van der Waals surface area contributed by atoms with Crippen LogP contribution in [0.4, 0.5) is 4.39 Å². The highest BCUT2D eigenvalue weighted by Gasteiger charge is 2.21. The number of aliphatic hydroxyl groups excluding tert-OH is 1. The maximum Gasteiger partial charge on any atom is 0.123 e. The van der Waals surface area contributed by atoms with Crippen molar-refractivity contribution in [2.24, 2.45) is 5.92 Å². The van der Waals surface area contributed by atoms with E-state index in [9.17, 15) is 9.50 Å². The number of halogens is 1. The Labute approximate surface area is 155 Å². The lowest BCUT2D eigenvalue weighted by atomic mass is 9.87. The predicted molar refractivity (Wildman–Crippen MR) is 101 cm³/mol. The molecule has 26 heavy (non-hydrogen) atoms. The first-order chi connectivity index (χ1) is 12.7. The molecule has 0 aromatic heterocycles. The summed E-state index contributed by atoms with van der Waals surface area (Å²) in [5.41, 5.74) is 1.85. The van der Waals surface area contributed by atoms with Gasteiger partial charge in [0.15, 0.2) is 0 Å². The van der Waals surface area contributed by atoms with Crippen LogP contribution in [0, 0.1) is 11.7 Å². The van der Waals surface area contributed by atoms with E-state index in [1.165, 1.54) is 17.7 Å². The van der Waals surface area contributed by atoms with E-state index in [1.54, 1.807) is 12.1 Å². The second-order valence-corrected chi connectivity index (χ2v) is 7.17. The molecule has 4 heteroatoms. The monoisotopic (exact) mass is 357 g/mol. The van der Waals surface area contributed by atoms with Gasteiger partial charge in [-0.15, -0.1) is 0 Å². The van der Waals surface area contributed by atoms with Gasteiger partial charge in [0, 0.05) is 6.54 Å². The minimum atomic E-state index is -0.670. The molecule has 2 aromatic carbocycles. The molecule has 0 radical (unpaired) electrons. The quantitative estimate of drug-likeness (QED) is 0.743. The van der Waals surface area contributed by atoms with E-state index >= 15 is 0 Å². The van der Waals surface area contributed by atoms with Crippen molar-refractivity contribution in [2.45, 2.75) is 44.5 Å². The molecule has 1 fully saturated rings. The van der Waals surface area contributed by atoms with E-state index < -0.39 is 6.10 Å². The van der Waals surface area contributed by atoms with Crippen molar-refractivity contribution in [3.63, 3.8) is 0 Å². The molecule has 2 aromatic rings. The first-order valence-electron chi connectivity index (χ1n) is 9.50. The molecule has 0 bridgehead atoms. The third kappa shape index (κ3) is 5.90. The molecule has 1 aliphatic rings. The molecule has 2 N–H and O–H groups in total.